The van der Waals surface area contributed by atoms with Gasteiger partial charge in [-0.2, -0.15) is 11.8 Å². The fraction of sp³-hybridized carbons (Fsp3) is 0.929. The lowest BCUT2D eigenvalue weighted by atomic mass is 9.87. The number of halogens is 1. The lowest BCUT2D eigenvalue weighted by Gasteiger charge is -2.45. The van der Waals surface area contributed by atoms with Gasteiger partial charge < -0.3 is 10.6 Å². The van der Waals surface area contributed by atoms with Gasteiger partial charge in [0.25, 0.3) is 0 Å². The molecule has 2 unspecified atom stereocenters. The maximum atomic E-state index is 12.4. The highest BCUT2D eigenvalue weighted by Gasteiger charge is 2.39. The zero-order chi connectivity index (χ0) is 13.2. The summed E-state index contributed by atoms with van der Waals surface area (Å²) in [4.78, 5) is 14.5. The van der Waals surface area contributed by atoms with Crippen LogP contribution in [0.5, 0.6) is 0 Å². The van der Waals surface area contributed by atoms with Crippen molar-refractivity contribution >= 4 is 30.1 Å². The van der Waals surface area contributed by atoms with Crippen LogP contribution in [0.4, 0.5) is 0 Å². The molecule has 2 N–H and O–H groups in total. The van der Waals surface area contributed by atoms with E-state index in [1.54, 1.807) is 0 Å². The Morgan fingerprint density at radius 3 is 2.47 bits per heavy atom. The van der Waals surface area contributed by atoms with Crippen LogP contribution in [0.1, 0.15) is 46.0 Å². The summed E-state index contributed by atoms with van der Waals surface area (Å²) in [5.74, 6) is 1.31. The van der Waals surface area contributed by atoms with E-state index in [0.29, 0.717) is 4.75 Å². The molecule has 1 aliphatic carbocycles. The van der Waals surface area contributed by atoms with Crippen LogP contribution < -0.4 is 5.73 Å². The van der Waals surface area contributed by atoms with Crippen LogP contribution >= 0.6 is 24.2 Å². The van der Waals surface area contributed by atoms with Crippen molar-refractivity contribution in [3.05, 3.63) is 0 Å². The van der Waals surface area contributed by atoms with Crippen LogP contribution in [0.3, 0.4) is 0 Å². The monoisotopic (exact) mass is 306 g/mol. The quantitative estimate of drug-likeness (QED) is 0.853. The predicted octanol–water partition coefficient (Wildman–Crippen LogP) is 2.67. The number of hydrogen-bond donors (Lipinski definition) is 1. The van der Waals surface area contributed by atoms with Gasteiger partial charge in [-0.1, -0.05) is 26.2 Å². The van der Waals surface area contributed by atoms with Crippen molar-refractivity contribution in [3.63, 3.8) is 0 Å². The molecule has 5 heteroatoms. The van der Waals surface area contributed by atoms with Gasteiger partial charge in [-0.3, -0.25) is 4.79 Å². The third kappa shape index (κ3) is 4.02. The summed E-state index contributed by atoms with van der Waals surface area (Å²) in [6.45, 7) is 5.75. The van der Waals surface area contributed by atoms with Crippen LogP contribution in [-0.2, 0) is 4.79 Å². The van der Waals surface area contributed by atoms with Crippen molar-refractivity contribution in [3.8, 4) is 0 Å². The first-order valence-electron chi connectivity index (χ1n) is 7.22. The van der Waals surface area contributed by atoms with E-state index in [4.69, 9.17) is 5.73 Å². The minimum absolute atomic E-state index is 0. The number of carbonyl (C=O) groups is 1. The summed E-state index contributed by atoms with van der Waals surface area (Å²) >= 11 is 2.10. The zero-order valence-electron chi connectivity index (χ0n) is 12.1. The smallest absolute Gasteiger partial charge is 0.227 e. The summed E-state index contributed by atoms with van der Waals surface area (Å²) in [6, 6.07) is -0.0469. The normalized spacial score (nSPS) is 25.5. The Kier molecular flexibility index (Phi) is 6.48. The Balaban J connectivity index is 0.00000180. The largest absolute Gasteiger partial charge is 0.340 e. The first kappa shape index (κ1) is 17.1. The van der Waals surface area contributed by atoms with Gasteiger partial charge >= 0.3 is 0 Å². The molecule has 1 aliphatic heterocycles. The molecule has 2 rings (SSSR count). The minimum Gasteiger partial charge on any atom is -0.340 e. The Morgan fingerprint density at radius 1 is 1.26 bits per heavy atom. The first-order valence-corrected chi connectivity index (χ1v) is 8.21. The van der Waals surface area contributed by atoms with Gasteiger partial charge in [0.2, 0.25) is 5.91 Å². The van der Waals surface area contributed by atoms with Crippen LogP contribution in [-0.4, -0.2) is 40.4 Å². The minimum atomic E-state index is -0.0475. The summed E-state index contributed by atoms with van der Waals surface area (Å²) in [5.41, 5.74) is 5.86. The van der Waals surface area contributed by atoms with Crippen molar-refractivity contribution in [2.75, 3.05) is 18.8 Å². The lowest BCUT2D eigenvalue weighted by Crippen LogP contribution is -2.52. The standard InChI is InChI=1S/C14H26N2OS.ClH/c1-11(12(2)15)13(17)16-8-9-18-14(10-16)6-4-3-5-7-14;/h11-12H,3-10,15H2,1-2H3;1H. The first-order chi connectivity index (χ1) is 8.54. The van der Waals surface area contributed by atoms with Gasteiger partial charge in [0.1, 0.15) is 0 Å². The van der Waals surface area contributed by atoms with Crippen LogP contribution in [0, 0.1) is 5.92 Å². The van der Waals surface area contributed by atoms with Gasteiger partial charge in [-0.15, -0.1) is 12.4 Å². The molecule has 0 bridgehead atoms. The molecule has 1 heterocycles. The molecule has 1 amide bonds. The molecule has 1 saturated carbocycles. The van der Waals surface area contributed by atoms with Crippen LogP contribution in [0.15, 0.2) is 0 Å². The molecular weight excluding hydrogens is 280 g/mol. The summed E-state index contributed by atoms with van der Waals surface area (Å²) in [7, 11) is 0. The van der Waals surface area contributed by atoms with Crippen molar-refractivity contribution in [1.82, 2.24) is 4.90 Å². The molecule has 2 fully saturated rings. The fourth-order valence-corrected chi connectivity index (χ4v) is 4.61. The maximum Gasteiger partial charge on any atom is 0.227 e. The van der Waals surface area contributed by atoms with Crippen molar-refractivity contribution < 1.29 is 4.79 Å². The second-order valence-electron chi connectivity index (χ2n) is 6.00. The lowest BCUT2D eigenvalue weighted by molar-refractivity contribution is -0.136. The summed E-state index contributed by atoms with van der Waals surface area (Å²) in [6.07, 6.45) is 6.60. The molecule has 0 radical (unpaired) electrons. The SMILES string of the molecule is CC(N)C(C)C(=O)N1CCSC2(CCCCC2)C1.Cl. The number of amides is 1. The zero-order valence-corrected chi connectivity index (χ0v) is 13.7. The maximum absolute atomic E-state index is 12.4. The van der Waals surface area contributed by atoms with E-state index in [1.165, 1.54) is 32.1 Å². The average Bonchev–Trinajstić information content (AvgIpc) is 2.38. The Hall–Kier alpha value is 0.0700. The van der Waals surface area contributed by atoms with Crippen LogP contribution in [0.25, 0.3) is 0 Å². The number of thioether (sulfide) groups is 1. The van der Waals surface area contributed by atoms with Gasteiger partial charge in [0.05, 0.1) is 5.92 Å². The molecule has 2 atom stereocenters. The number of nitrogens with zero attached hydrogens (tertiary/aromatic N) is 1. The van der Waals surface area contributed by atoms with Crippen molar-refractivity contribution in [2.24, 2.45) is 11.7 Å². The van der Waals surface area contributed by atoms with Crippen LogP contribution in [0.2, 0.25) is 0 Å². The average molecular weight is 307 g/mol. The summed E-state index contributed by atoms with van der Waals surface area (Å²) < 4.78 is 0.365. The molecule has 2 aliphatic rings. The molecule has 1 saturated heterocycles. The molecule has 3 nitrogen and oxygen atoms in total. The van der Waals surface area contributed by atoms with E-state index < -0.39 is 0 Å². The van der Waals surface area contributed by atoms with Crippen molar-refractivity contribution in [2.45, 2.75) is 56.7 Å². The second-order valence-corrected chi connectivity index (χ2v) is 7.56. The molecular formula is C14H27ClN2OS. The fourth-order valence-electron chi connectivity index (χ4n) is 3.04. The van der Waals surface area contributed by atoms with Gasteiger partial charge in [-0.25, -0.2) is 0 Å². The highest BCUT2D eigenvalue weighted by Crippen LogP contribution is 2.42. The van der Waals surface area contributed by atoms with Crippen molar-refractivity contribution in [1.29, 1.82) is 0 Å². The number of nitrogens with two attached hydrogens (primary N) is 1. The Morgan fingerprint density at radius 2 is 1.89 bits per heavy atom. The molecule has 0 aromatic carbocycles. The predicted molar refractivity (Wildman–Crippen MR) is 84.9 cm³/mol. The van der Waals surface area contributed by atoms with E-state index in [0.717, 1.165) is 18.8 Å². The Labute approximate surface area is 127 Å². The highest BCUT2D eigenvalue weighted by molar-refractivity contribution is 8.00. The second kappa shape index (κ2) is 7.19. The van der Waals surface area contributed by atoms with Gasteiger partial charge in [0, 0.05) is 29.6 Å². The molecule has 0 aromatic heterocycles. The van der Waals surface area contributed by atoms with Gasteiger partial charge in [-0.05, 0) is 19.8 Å². The molecule has 19 heavy (non-hydrogen) atoms. The van der Waals surface area contributed by atoms with E-state index >= 15 is 0 Å². The Bertz CT molecular complexity index is 300. The summed E-state index contributed by atoms with van der Waals surface area (Å²) in [5, 5.41) is 0. The molecule has 112 valence electrons. The van der Waals surface area contributed by atoms with E-state index in [1.807, 2.05) is 13.8 Å². The van der Waals surface area contributed by atoms with E-state index in [2.05, 4.69) is 16.7 Å². The number of hydrogen-bond acceptors (Lipinski definition) is 3. The topological polar surface area (TPSA) is 46.3 Å². The number of rotatable bonds is 2. The molecule has 0 aromatic rings. The van der Waals surface area contributed by atoms with Gasteiger partial charge in [0.15, 0.2) is 0 Å². The third-order valence-electron chi connectivity index (χ3n) is 4.50. The van der Waals surface area contributed by atoms with E-state index in [-0.39, 0.29) is 30.3 Å². The highest BCUT2D eigenvalue weighted by atomic mass is 35.5. The number of carbonyl (C=O) groups excluding carboxylic acids is 1. The molecule has 1 spiro atoms. The third-order valence-corrected chi connectivity index (χ3v) is 6.04. The van der Waals surface area contributed by atoms with E-state index in [9.17, 15) is 4.79 Å².